The number of hydrogen-bond acceptors (Lipinski definition) is 3. The summed E-state index contributed by atoms with van der Waals surface area (Å²) >= 11 is 2.06. The molecular weight excluding hydrogens is 242 g/mol. The van der Waals surface area contributed by atoms with E-state index >= 15 is 0 Å². The maximum atomic E-state index is 6.38. The van der Waals surface area contributed by atoms with Gasteiger partial charge in [-0.2, -0.15) is 11.8 Å². The van der Waals surface area contributed by atoms with Gasteiger partial charge < -0.3 is 10.1 Å². The Labute approximate surface area is 113 Å². The quantitative estimate of drug-likeness (QED) is 0.884. The number of nitrogens with one attached hydrogen (secondary N) is 1. The fourth-order valence-corrected chi connectivity index (χ4v) is 4.33. The van der Waals surface area contributed by atoms with Crippen molar-refractivity contribution in [3.63, 3.8) is 0 Å². The zero-order valence-electron chi connectivity index (χ0n) is 10.9. The molecule has 2 nitrogen and oxygen atoms in total. The van der Waals surface area contributed by atoms with Gasteiger partial charge in [0.25, 0.3) is 0 Å². The lowest BCUT2D eigenvalue weighted by Crippen LogP contribution is -2.46. The van der Waals surface area contributed by atoms with Crippen LogP contribution < -0.4 is 10.1 Å². The lowest BCUT2D eigenvalue weighted by atomic mass is 9.83. The fourth-order valence-electron chi connectivity index (χ4n) is 3.10. The van der Waals surface area contributed by atoms with Crippen molar-refractivity contribution in [3.8, 4) is 5.75 Å². The van der Waals surface area contributed by atoms with E-state index in [1.165, 1.54) is 29.9 Å². The van der Waals surface area contributed by atoms with Crippen LogP contribution in [0, 0.1) is 0 Å². The molecule has 2 aliphatic rings. The van der Waals surface area contributed by atoms with Crippen LogP contribution in [-0.4, -0.2) is 23.7 Å². The number of para-hydroxylation sites is 1. The lowest BCUT2D eigenvalue weighted by Gasteiger charge is -2.44. The van der Waals surface area contributed by atoms with Gasteiger partial charge in [-0.05, 0) is 37.0 Å². The Kier molecular flexibility index (Phi) is 3.53. The van der Waals surface area contributed by atoms with E-state index in [2.05, 4.69) is 48.3 Å². The van der Waals surface area contributed by atoms with Gasteiger partial charge in [0.1, 0.15) is 11.4 Å². The van der Waals surface area contributed by atoms with E-state index in [1.54, 1.807) is 0 Å². The molecule has 98 valence electrons. The average molecular weight is 263 g/mol. The molecule has 3 rings (SSSR count). The van der Waals surface area contributed by atoms with Crippen LogP contribution in [0.3, 0.4) is 0 Å². The molecule has 0 amide bonds. The molecule has 0 radical (unpaired) electrons. The zero-order valence-corrected chi connectivity index (χ0v) is 11.8. The SMILES string of the molecule is CCNC1CC2(CCSCC2)Oc2ccccc21. The molecule has 18 heavy (non-hydrogen) atoms. The molecule has 0 aliphatic carbocycles. The number of benzene rings is 1. The molecule has 1 aromatic carbocycles. The summed E-state index contributed by atoms with van der Waals surface area (Å²) in [6, 6.07) is 8.98. The van der Waals surface area contributed by atoms with Crippen LogP contribution in [0.5, 0.6) is 5.75 Å². The molecule has 1 aromatic rings. The molecule has 0 aromatic heterocycles. The molecule has 1 unspecified atom stereocenters. The Morgan fingerprint density at radius 1 is 1.33 bits per heavy atom. The highest BCUT2D eigenvalue weighted by Crippen LogP contribution is 2.45. The van der Waals surface area contributed by atoms with Crippen LogP contribution in [0.15, 0.2) is 24.3 Å². The fraction of sp³-hybridized carbons (Fsp3) is 0.600. The Morgan fingerprint density at radius 2 is 2.11 bits per heavy atom. The van der Waals surface area contributed by atoms with Gasteiger partial charge in [0.15, 0.2) is 0 Å². The molecule has 2 aliphatic heterocycles. The first-order valence-electron chi connectivity index (χ1n) is 6.92. The van der Waals surface area contributed by atoms with E-state index < -0.39 is 0 Å². The van der Waals surface area contributed by atoms with Gasteiger partial charge in [0.2, 0.25) is 0 Å². The van der Waals surface area contributed by atoms with E-state index in [0.717, 1.165) is 18.7 Å². The van der Waals surface area contributed by atoms with Gasteiger partial charge in [0.05, 0.1) is 0 Å². The molecule has 0 saturated carbocycles. The number of rotatable bonds is 2. The maximum Gasteiger partial charge on any atom is 0.124 e. The summed E-state index contributed by atoms with van der Waals surface area (Å²) in [5, 5.41) is 3.63. The molecule has 1 atom stereocenters. The van der Waals surface area contributed by atoms with E-state index in [1.807, 2.05) is 0 Å². The second kappa shape index (κ2) is 5.14. The van der Waals surface area contributed by atoms with Crippen LogP contribution in [0.4, 0.5) is 0 Å². The summed E-state index contributed by atoms with van der Waals surface area (Å²) in [5.74, 6) is 3.57. The summed E-state index contributed by atoms with van der Waals surface area (Å²) in [4.78, 5) is 0. The molecule has 1 N–H and O–H groups in total. The normalized spacial score (nSPS) is 25.5. The second-order valence-corrected chi connectivity index (χ2v) is 6.47. The van der Waals surface area contributed by atoms with E-state index in [4.69, 9.17) is 4.74 Å². The predicted octanol–water partition coefficient (Wildman–Crippen LogP) is 3.39. The Bertz CT molecular complexity index is 415. The highest BCUT2D eigenvalue weighted by Gasteiger charge is 2.41. The minimum atomic E-state index is 0.0897. The van der Waals surface area contributed by atoms with Crippen LogP contribution >= 0.6 is 11.8 Å². The summed E-state index contributed by atoms with van der Waals surface area (Å²) in [5.41, 5.74) is 1.43. The second-order valence-electron chi connectivity index (χ2n) is 5.25. The van der Waals surface area contributed by atoms with Gasteiger partial charge >= 0.3 is 0 Å². The van der Waals surface area contributed by atoms with Gasteiger partial charge in [-0.25, -0.2) is 0 Å². The molecule has 1 saturated heterocycles. The van der Waals surface area contributed by atoms with Crippen molar-refractivity contribution >= 4 is 11.8 Å². The highest BCUT2D eigenvalue weighted by molar-refractivity contribution is 7.99. The largest absolute Gasteiger partial charge is 0.487 e. The summed E-state index contributed by atoms with van der Waals surface area (Å²) in [7, 11) is 0. The van der Waals surface area contributed by atoms with Crippen LogP contribution in [-0.2, 0) is 0 Å². The van der Waals surface area contributed by atoms with Gasteiger partial charge in [-0.1, -0.05) is 25.1 Å². The molecule has 3 heteroatoms. The zero-order chi connectivity index (χ0) is 12.4. The number of fused-ring (bicyclic) bond motifs is 1. The Morgan fingerprint density at radius 3 is 2.89 bits per heavy atom. The van der Waals surface area contributed by atoms with E-state index in [-0.39, 0.29) is 5.60 Å². The van der Waals surface area contributed by atoms with Crippen molar-refractivity contribution in [1.82, 2.24) is 5.32 Å². The Hall–Kier alpha value is -0.670. The molecule has 2 heterocycles. The third-order valence-corrected chi connectivity index (χ3v) is 5.04. The van der Waals surface area contributed by atoms with Gasteiger partial charge in [-0.15, -0.1) is 0 Å². The standard InChI is InChI=1S/C15H21NOS/c1-2-16-13-11-15(7-9-18-10-8-15)17-14-6-4-3-5-12(13)14/h3-6,13,16H,2,7-11H2,1H3. The number of hydrogen-bond donors (Lipinski definition) is 1. The number of ether oxygens (including phenoxy) is 1. The molecular formula is C15H21NOS. The smallest absolute Gasteiger partial charge is 0.124 e. The lowest BCUT2D eigenvalue weighted by molar-refractivity contribution is 0.0228. The van der Waals surface area contributed by atoms with E-state index in [0.29, 0.717) is 6.04 Å². The predicted molar refractivity (Wildman–Crippen MR) is 77.4 cm³/mol. The third kappa shape index (κ3) is 2.26. The highest BCUT2D eigenvalue weighted by atomic mass is 32.2. The molecule has 1 spiro atoms. The first-order chi connectivity index (χ1) is 8.83. The monoisotopic (exact) mass is 263 g/mol. The van der Waals surface area contributed by atoms with Gasteiger partial charge in [0, 0.05) is 18.0 Å². The van der Waals surface area contributed by atoms with Crippen LogP contribution in [0.25, 0.3) is 0 Å². The minimum absolute atomic E-state index is 0.0897. The van der Waals surface area contributed by atoms with Crippen LogP contribution in [0.1, 0.15) is 37.8 Å². The van der Waals surface area contributed by atoms with Crippen molar-refractivity contribution in [2.75, 3.05) is 18.1 Å². The summed E-state index contributed by atoms with van der Waals surface area (Å²) in [6.07, 6.45) is 3.50. The van der Waals surface area contributed by atoms with E-state index in [9.17, 15) is 0 Å². The first-order valence-corrected chi connectivity index (χ1v) is 8.07. The summed E-state index contributed by atoms with van der Waals surface area (Å²) in [6.45, 7) is 3.20. The van der Waals surface area contributed by atoms with Crippen LogP contribution in [0.2, 0.25) is 0 Å². The molecule has 1 fully saturated rings. The van der Waals surface area contributed by atoms with Crippen molar-refractivity contribution in [1.29, 1.82) is 0 Å². The van der Waals surface area contributed by atoms with Crippen molar-refractivity contribution in [2.45, 2.75) is 37.8 Å². The van der Waals surface area contributed by atoms with Gasteiger partial charge in [-0.3, -0.25) is 0 Å². The van der Waals surface area contributed by atoms with Crippen molar-refractivity contribution in [3.05, 3.63) is 29.8 Å². The third-order valence-electron chi connectivity index (χ3n) is 4.05. The first kappa shape index (κ1) is 12.4. The minimum Gasteiger partial charge on any atom is -0.487 e. The average Bonchev–Trinajstić information content (AvgIpc) is 2.40. The summed E-state index contributed by atoms with van der Waals surface area (Å²) < 4.78 is 6.38. The topological polar surface area (TPSA) is 21.3 Å². The Balaban J connectivity index is 1.91. The van der Waals surface area contributed by atoms with Crippen molar-refractivity contribution < 1.29 is 4.74 Å². The maximum absolute atomic E-state index is 6.38. The molecule has 0 bridgehead atoms. The van der Waals surface area contributed by atoms with Crippen molar-refractivity contribution in [2.24, 2.45) is 0 Å². The number of thioether (sulfide) groups is 1.